The lowest BCUT2D eigenvalue weighted by Gasteiger charge is -2.16. The molecule has 142 valence electrons. The second kappa shape index (κ2) is 7.18. The van der Waals surface area contributed by atoms with E-state index in [0.717, 1.165) is 11.3 Å². The van der Waals surface area contributed by atoms with Crippen LogP contribution in [0.2, 0.25) is 0 Å². The van der Waals surface area contributed by atoms with Gasteiger partial charge in [0.25, 0.3) is 0 Å². The summed E-state index contributed by atoms with van der Waals surface area (Å²) < 4.78 is 14.9. The van der Waals surface area contributed by atoms with Crippen LogP contribution >= 0.6 is 0 Å². The van der Waals surface area contributed by atoms with Crippen LogP contribution < -0.4 is 0 Å². The Kier molecular flexibility index (Phi) is 4.56. The fourth-order valence-electron chi connectivity index (χ4n) is 2.96. The summed E-state index contributed by atoms with van der Waals surface area (Å²) in [7, 11) is 1.72. The van der Waals surface area contributed by atoms with Gasteiger partial charge in [-0.2, -0.15) is 4.68 Å². The number of tetrazole rings is 1. The SMILES string of the molecule is Cc1nnnn1-c1ccc(CC(=O)N(C)Cc2nc3ccc(F)cc3[nH]2)cc1. The highest BCUT2D eigenvalue weighted by Crippen LogP contribution is 2.15. The van der Waals surface area contributed by atoms with Crippen molar-refractivity contribution in [2.45, 2.75) is 19.9 Å². The number of fused-ring (bicyclic) bond motifs is 1. The number of imidazole rings is 1. The van der Waals surface area contributed by atoms with Crippen LogP contribution in [0.25, 0.3) is 16.7 Å². The summed E-state index contributed by atoms with van der Waals surface area (Å²) in [6.45, 7) is 2.13. The van der Waals surface area contributed by atoms with Crippen molar-refractivity contribution >= 4 is 16.9 Å². The van der Waals surface area contributed by atoms with Crippen LogP contribution in [0.1, 0.15) is 17.2 Å². The zero-order valence-corrected chi connectivity index (χ0v) is 15.4. The molecule has 2 aromatic carbocycles. The Morgan fingerprint density at radius 3 is 2.71 bits per heavy atom. The normalized spacial score (nSPS) is 11.1. The predicted octanol–water partition coefficient (Wildman–Crippen LogP) is 2.19. The summed E-state index contributed by atoms with van der Waals surface area (Å²) in [4.78, 5) is 21.6. The van der Waals surface area contributed by atoms with Crippen LogP contribution in [0.3, 0.4) is 0 Å². The molecule has 0 aliphatic heterocycles. The molecule has 4 aromatic rings. The van der Waals surface area contributed by atoms with Gasteiger partial charge in [-0.05, 0) is 53.2 Å². The average Bonchev–Trinajstić information content (AvgIpc) is 3.27. The maximum atomic E-state index is 13.3. The number of H-pyrrole nitrogens is 1. The molecule has 0 bridgehead atoms. The molecule has 0 unspecified atom stereocenters. The van der Waals surface area contributed by atoms with Gasteiger partial charge in [0.2, 0.25) is 5.91 Å². The zero-order valence-electron chi connectivity index (χ0n) is 15.4. The van der Waals surface area contributed by atoms with E-state index in [9.17, 15) is 9.18 Å². The van der Waals surface area contributed by atoms with E-state index in [1.165, 1.54) is 12.1 Å². The fraction of sp³-hybridized carbons (Fsp3) is 0.211. The molecule has 0 fully saturated rings. The number of amides is 1. The number of hydrogen-bond acceptors (Lipinski definition) is 5. The quantitative estimate of drug-likeness (QED) is 0.574. The number of rotatable bonds is 5. The monoisotopic (exact) mass is 379 g/mol. The molecule has 9 heteroatoms. The van der Waals surface area contributed by atoms with Gasteiger partial charge >= 0.3 is 0 Å². The number of aromatic nitrogens is 6. The summed E-state index contributed by atoms with van der Waals surface area (Å²) in [5.74, 6) is 0.931. The summed E-state index contributed by atoms with van der Waals surface area (Å²) in [6, 6.07) is 11.9. The Balaban J connectivity index is 1.41. The Morgan fingerprint density at radius 2 is 2.00 bits per heavy atom. The number of nitrogens with one attached hydrogen (secondary N) is 1. The molecule has 1 amide bonds. The molecule has 0 spiro atoms. The van der Waals surface area contributed by atoms with E-state index in [1.54, 1.807) is 22.7 Å². The maximum Gasteiger partial charge on any atom is 0.227 e. The van der Waals surface area contributed by atoms with Crippen LogP contribution in [-0.2, 0) is 17.8 Å². The molecule has 28 heavy (non-hydrogen) atoms. The minimum absolute atomic E-state index is 0.0435. The fourth-order valence-corrected chi connectivity index (χ4v) is 2.96. The van der Waals surface area contributed by atoms with Crippen LogP contribution in [0.4, 0.5) is 4.39 Å². The van der Waals surface area contributed by atoms with E-state index in [-0.39, 0.29) is 18.1 Å². The topological polar surface area (TPSA) is 92.6 Å². The number of halogens is 1. The highest BCUT2D eigenvalue weighted by molar-refractivity contribution is 5.79. The molecule has 0 aliphatic rings. The third-order valence-electron chi connectivity index (χ3n) is 4.47. The maximum absolute atomic E-state index is 13.3. The van der Waals surface area contributed by atoms with Gasteiger partial charge in [0.05, 0.1) is 29.7 Å². The number of carbonyl (C=O) groups is 1. The molecule has 1 N–H and O–H groups in total. The van der Waals surface area contributed by atoms with Crippen molar-refractivity contribution < 1.29 is 9.18 Å². The van der Waals surface area contributed by atoms with Crippen molar-refractivity contribution in [3.05, 3.63) is 65.5 Å². The number of carbonyl (C=O) groups excluding carboxylic acids is 1. The average molecular weight is 379 g/mol. The second-order valence-corrected chi connectivity index (χ2v) is 6.58. The number of nitrogens with zero attached hydrogens (tertiary/aromatic N) is 6. The van der Waals surface area contributed by atoms with Crippen molar-refractivity contribution in [1.29, 1.82) is 0 Å². The van der Waals surface area contributed by atoms with Gasteiger partial charge in [-0.1, -0.05) is 12.1 Å². The smallest absolute Gasteiger partial charge is 0.227 e. The van der Waals surface area contributed by atoms with Gasteiger partial charge in [0.1, 0.15) is 11.6 Å². The Hall–Kier alpha value is -3.62. The van der Waals surface area contributed by atoms with Gasteiger partial charge in [-0.25, -0.2) is 9.37 Å². The van der Waals surface area contributed by atoms with Gasteiger partial charge < -0.3 is 9.88 Å². The minimum Gasteiger partial charge on any atom is -0.340 e. The number of aryl methyl sites for hydroxylation is 1. The molecule has 2 heterocycles. The van der Waals surface area contributed by atoms with Gasteiger partial charge in [0.15, 0.2) is 5.82 Å². The third kappa shape index (κ3) is 3.59. The number of likely N-dealkylation sites (N-methyl/N-ethyl adjacent to an activating group) is 1. The Labute approximate surface area is 160 Å². The summed E-state index contributed by atoms with van der Waals surface area (Å²) in [5, 5.41) is 11.4. The molecule has 0 saturated heterocycles. The minimum atomic E-state index is -0.326. The molecular formula is C19H18FN7O. The largest absolute Gasteiger partial charge is 0.340 e. The molecule has 0 saturated carbocycles. The highest BCUT2D eigenvalue weighted by atomic mass is 19.1. The summed E-state index contributed by atoms with van der Waals surface area (Å²) >= 11 is 0. The first-order chi connectivity index (χ1) is 13.5. The van der Waals surface area contributed by atoms with Crippen molar-refractivity contribution in [3.63, 3.8) is 0 Å². The first-order valence-corrected chi connectivity index (χ1v) is 8.72. The molecule has 4 rings (SSSR count). The van der Waals surface area contributed by atoms with Crippen LogP contribution in [-0.4, -0.2) is 48.0 Å². The molecule has 0 aliphatic carbocycles. The van der Waals surface area contributed by atoms with E-state index in [1.807, 2.05) is 31.2 Å². The lowest BCUT2D eigenvalue weighted by molar-refractivity contribution is -0.129. The lowest BCUT2D eigenvalue weighted by Crippen LogP contribution is -2.28. The highest BCUT2D eigenvalue weighted by Gasteiger charge is 2.13. The standard InChI is InChI=1S/C19H18FN7O/c1-12-23-24-25-27(12)15-6-3-13(4-7-15)9-19(28)26(2)11-18-21-16-8-5-14(20)10-17(16)22-18/h3-8,10H,9,11H2,1-2H3,(H,21,22). The summed E-state index contributed by atoms with van der Waals surface area (Å²) in [6.07, 6.45) is 0.264. The van der Waals surface area contributed by atoms with Gasteiger partial charge in [0, 0.05) is 7.05 Å². The number of benzene rings is 2. The van der Waals surface area contributed by atoms with Crippen molar-refractivity contribution in [1.82, 2.24) is 35.1 Å². The van der Waals surface area contributed by atoms with Crippen LogP contribution in [0.5, 0.6) is 0 Å². The van der Waals surface area contributed by atoms with E-state index in [0.29, 0.717) is 29.2 Å². The van der Waals surface area contributed by atoms with Crippen LogP contribution in [0, 0.1) is 12.7 Å². The molecule has 0 atom stereocenters. The molecule has 8 nitrogen and oxygen atoms in total. The summed E-state index contributed by atoms with van der Waals surface area (Å²) in [5.41, 5.74) is 3.01. The number of hydrogen-bond donors (Lipinski definition) is 1. The molecule has 2 aromatic heterocycles. The van der Waals surface area contributed by atoms with E-state index in [4.69, 9.17) is 0 Å². The van der Waals surface area contributed by atoms with E-state index < -0.39 is 0 Å². The van der Waals surface area contributed by atoms with Gasteiger partial charge in [-0.15, -0.1) is 5.10 Å². The van der Waals surface area contributed by atoms with Gasteiger partial charge in [-0.3, -0.25) is 4.79 Å². The van der Waals surface area contributed by atoms with E-state index >= 15 is 0 Å². The first-order valence-electron chi connectivity index (χ1n) is 8.72. The molecule has 0 radical (unpaired) electrons. The second-order valence-electron chi connectivity index (χ2n) is 6.58. The lowest BCUT2D eigenvalue weighted by atomic mass is 10.1. The molecular weight excluding hydrogens is 361 g/mol. The van der Waals surface area contributed by atoms with E-state index in [2.05, 4.69) is 25.5 Å². The van der Waals surface area contributed by atoms with Crippen molar-refractivity contribution in [3.8, 4) is 5.69 Å². The van der Waals surface area contributed by atoms with Crippen molar-refractivity contribution in [2.24, 2.45) is 0 Å². The van der Waals surface area contributed by atoms with Crippen molar-refractivity contribution in [2.75, 3.05) is 7.05 Å². The third-order valence-corrected chi connectivity index (χ3v) is 4.47. The Bertz CT molecular complexity index is 1130. The first kappa shape index (κ1) is 17.8. The van der Waals surface area contributed by atoms with Crippen LogP contribution in [0.15, 0.2) is 42.5 Å². The zero-order chi connectivity index (χ0) is 19.7. The number of aromatic amines is 1. The predicted molar refractivity (Wildman–Crippen MR) is 100 cm³/mol. The Morgan fingerprint density at radius 1 is 1.21 bits per heavy atom.